The van der Waals surface area contributed by atoms with Gasteiger partial charge in [0.1, 0.15) is 0 Å². The van der Waals surface area contributed by atoms with Gasteiger partial charge < -0.3 is 10.4 Å². The van der Waals surface area contributed by atoms with Crippen LogP contribution in [0.4, 0.5) is 0 Å². The van der Waals surface area contributed by atoms with Crippen molar-refractivity contribution in [2.45, 2.75) is 24.9 Å². The number of hydrogen-bond acceptors (Lipinski definition) is 2. The molecule has 1 amide bonds. The van der Waals surface area contributed by atoms with Gasteiger partial charge in [-0.05, 0) is 35.6 Å². The summed E-state index contributed by atoms with van der Waals surface area (Å²) in [5, 5.41) is 13.5. The summed E-state index contributed by atoms with van der Waals surface area (Å²) in [7, 11) is 0. The number of amides is 1. The van der Waals surface area contributed by atoms with E-state index in [1.165, 1.54) is 17.2 Å². The molecule has 0 bridgehead atoms. The van der Waals surface area contributed by atoms with E-state index in [9.17, 15) is 9.90 Å². The fourth-order valence-corrected chi connectivity index (χ4v) is 2.98. The largest absolute Gasteiger partial charge is 0.388 e. The molecule has 118 valence electrons. The fraction of sp³-hybridized carbons (Fsp3) is 0.250. The van der Waals surface area contributed by atoms with Crippen LogP contribution in [-0.4, -0.2) is 23.2 Å². The number of carbonyl (C=O) groups is 1. The summed E-state index contributed by atoms with van der Waals surface area (Å²) in [4.78, 5) is 11.9. The number of aliphatic hydroxyl groups is 1. The van der Waals surface area contributed by atoms with Gasteiger partial charge in [-0.15, -0.1) is 0 Å². The van der Waals surface area contributed by atoms with Gasteiger partial charge in [0.2, 0.25) is 5.91 Å². The van der Waals surface area contributed by atoms with Gasteiger partial charge in [0.15, 0.2) is 0 Å². The quantitative estimate of drug-likeness (QED) is 0.853. The predicted molar refractivity (Wildman–Crippen MR) is 91.9 cm³/mol. The number of carbonyl (C=O) groups excluding carboxylic acids is 1. The third kappa shape index (κ3) is 4.08. The van der Waals surface area contributed by atoms with Crippen molar-refractivity contribution in [2.24, 2.45) is 0 Å². The van der Waals surface area contributed by atoms with E-state index in [1.54, 1.807) is 6.08 Å². The molecule has 3 nitrogen and oxygen atoms in total. The van der Waals surface area contributed by atoms with Crippen LogP contribution >= 0.6 is 0 Å². The van der Waals surface area contributed by atoms with Gasteiger partial charge in [0.25, 0.3) is 0 Å². The van der Waals surface area contributed by atoms with Gasteiger partial charge in [0.05, 0.1) is 5.60 Å². The molecule has 1 aliphatic rings. The Labute approximate surface area is 136 Å². The van der Waals surface area contributed by atoms with Crippen LogP contribution in [0.3, 0.4) is 0 Å². The number of hydrogen-bond donors (Lipinski definition) is 2. The van der Waals surface area contributed by atoms with E-state index in [0.717, 1.165) is 12.0 Å². The fourth-order valence-electron chi connectivity index (χ4n) is 2.98. The first kappa shape index (κ1) is 15.5. The smallest absolute Gasteiger partial charge is 0.244 e. The third-order valence-electron chi connectivity index (χ3n) is 4.32. The van der Waals surface area contributed by atoms with Crippen LogP contribution in [0.5, 0.6) is 0 Å². The van der Waals surface area contributed by atoms with E-state index in [1.807, 2.05) is 42.5 Å². The van der Waals surface area contributed by atoms with Crippen molar-refractivity contribution in [1.82, 2.24) is 5.32 Å². The minimum absolute atomic E-state index is 0.180. The first-order chi connectivity index (χ1) is 11.1. The Bertz CT molecular complexity index is 709. The number of fused-ring (bicyclic) bond motifs is 1. The van der Waals surface area contributed by atoms with E-state index in [4.69, 9.17) is 0 Å². The van der Waals surface area contributed by atoms with Crippen LogP contribution in [0, 0.1) is 0 Å². The van der Waals surface area contributed by atoms with Crippen LogP contribution in [0.1, 0.15) is 23.1 Å². The Balaban J connectivity index is 1.56. The molecule has 0 aliphatic heterocycles. The molecule has 23 heavy (non-hydrogen) atoms. The minimum Gasteiger partial charge on any atom is -0.388 e. The molecular weight excluding hydrogens is 286 g/mol. The predicted octanol–water partition coefficient (Wildman–Crippen LogP) is 2.74. The van der Waals surface area contributed by atoms with Crippen LogP contribution in [-0.2, 0) is 17.6 Å². The zero-order valence-corrected chi connectivity index (χ0v) is 13.0. The lowest BCUT2D eigenvalue weighted by molar-refractivity contribution is -0.117. The molecule has 2 N–H and O–H groups in total. The first-order valence-electron chi connectivity index (χ1n) is 7.95. The van der Waals surface area contributed by atoms with Crippen molar-refractivity contribution >= 4 is 12.0 Å². The zero-order chi connectivity index (χ0) is 16.1. The molecule has 0 aromatic heterocycles. The lowest BCUT2D eigenvalue weighted by Gasteiger charge is -2.33. The minimum atomic E-state index is -0.857. The average Bonchev–Trinajstić information content (AvgIpc) is 2.59. The summed E-state index contributed by atoms with van der Waals surface area (Å²) in [5.74, 6) is -0.180. The molecule has 0 heterocycles. The van der Waals surface area contributed by atoms with Gasteiger partial charge >= 0.3 is 0 Å². The second-order valence-corrected chi connectivity index (χ2v) is 6.13. The third-order valence-corrected chi connectivity index (χ3v) is 4.32. The van der Waals surface area contributed by atoms with Crippen molar-refractivity contribution in [2.75, 3.05) is 6.54 Å². The summed E-state index contributed by atoms with van der Waals surface area (Å²) >= 11 is 0. The Hall–Kier alpha value is -2.39. The van der Waals surface area contributed by atoms with Gasteiger partial charge in [-0.2, -0.15) is 0 Å². The molecule has 3 rings (SSSR count). The maximum atomic E-state index is 11.9. The first-order valence-corrected chi connectivity index (χ1v) is 7.95. The number of nitrogens with one attached hydrogen (secondary N) is 1. The highest BCUT2D eigenvalue weighted by Crippen LogP contribution is 2.28. The van der Waals surface area contributed by atoms with E-state index in [2.05, 4.69) is 17.4 Å². The summed E-state index contributed by atoms with van der Waals surface area (Å²) in [5.41, 5.74) is 2.60. The van der Waals surface area contributed by atoms with Crippen molar-refractivity contribution in [3.63, 3.8) is 0 Å². The molecule has 0 unspecified atom stereocenters. The average molecular weight is 307 g/mol. The highest BCUT2D eigenvalue weighted by molar-refractivity contribution is 5.91. The molecule has 1 atom stereocenters. The van der Waals surface area contributed by atoms with Crippen LogP contribution in [0.15, 0.2) is 60.7 Å². The monoisotopic (exact) mass is 307 g/mol. The Morgan fingerprint density at radius 3 is 2.57 bits per heavy atom. The highest BCUT2D eigenvalue weighted by Gasteiger charge is 2.31. The maximum absolute atomic E-state index is 11.9. The lowest BCUT2D eigenvalue weighted by Crippen LogP contribution is -2.46. The van der Waals surface area contributed by atoms with Crippen molar-refractivity contribution in [3.05, 3.63) is 77.4 Å². The summed E-state index contributed by atoms with van der Waals surface area (Å²) in [6, 6.07) is 17.9. The van der Waals surface area contributed by atoms with Gasteiger partial charge in [-0.25, -0.2) is 0 Å². The molecule has 0 radical (unpaired) electrons. The van der Waals surface area contributed by atoms with Crippen LogP contribution < -0.4 is 5.32 Å². The molecule has 1 aliphatic carbocycles. The SMILES string of the molecule is O=C(/C=C/c1ccccc1)NC[C@@]1(O)CCc2ccccc2C1. The van der Waals surface area contributed by atoms with Crippen LogP contribution in [0.25, 0.3) is 6.08 Å². The van der Waals surface area contributed by atoms with E-state index < -0.39 is 5.60 Å². The molecule has 0 saturated carbocycles. The molecule has 0 saturated heterocycles. The number of rotatable bonds is 4. The van der Waals surface area contributed by atoms with Crippen molar-refractivity contribution in [1.29, 1.82) is 0 Å². The van der Waals surface area contributed by atoms with Crippen molar-refractivity contribution < 1.29 is 9.90 Å². The van der Waals surface area contributed by atoms with Gasteiger partial charge in [-0.3, -0.25) is 4.79 Å². The maximum Gasteiger partial charge on any atom is 0.244 e. The van der Waals surface area contributed by atoms with Gasteiger partial charge in [0, 0.05) is 19.0 Å². The van der Waals surface area contributed by atoms with Crippen molar-refractivity contribution in [3.8, 4) is 0 Å². The van der Waals surface area contributed by atoms with E-state index in [-0.39, 0.29) is 12.5 Å². The zero-order valence-electron chi connectivity index (χ0n) is 13.0. The molecule has 2 aromatic carbocycles. The Morgan fingerprint density at radius 1 is 1.09 bits per heavy atom. The number of benzene rings is 2. The summed E-state index contributed by atoms with van der Waals surface area (Å²) in [6.45, 7) is 0.277. The van der Waals surface area contributed by atoms with E-state index in [0.29, 0.717) is 12.8 Å². The molecule has 0 fully saturated rings. The summed E-state index contributed by atoms with van der Waals surface area (Å²) < 4.78 is 0. The summed E-state index contributed by atoms with van der Waals surface area (Å²) in [6.07, 6.45) is 5.39. The second-order valence-electron chi connectivity index (χ2n) is 6.13. The normalized spacial score (nSPS) is 20.2. The van der Waals surface area contributed by atoms with Crippen LogP contribution in [0.2, 0.25) is 0 Å². The van der Waals surface area contributed by atoms with E-state index >= 15 is 0 Å². The number of aryl methyl sites for hydroxylation is 1. The molecule has 2 aromatic rings. The van der Waals surface area contributed by atoms with Gasteiger partial charge in [-0.1, -0.05) is 54.6 Å². The highest BCUT2D eigenvalue weighted by atomic mass is 16.3. The second kappa shape index (κ2) is 6.80. The molecule has 3 heteroatoms. The Kier molecular flexibility index (Phi) is 4.58. The Morgan fingerprint density at radius 2 is 1.78 bits per heavy atom. The molecule has 0 spiro atoms. The standard InChI is InChI=1S/C20H21NO2/c22-19(11-10-16-6-2-1-3-7-16)21-15-20(23)13-12-17-8-4-5-9-18(17)14-20/h1-11,23H,12-15H2,(H,21,22)/b11-10+/t20-/m1/s1. The lowest BCUT2D eigenvalue weighted by atomic mass is 9.80. The topological polar surface area (TPSA) is 49.3 Å². The molecular formula is C20H21NO2.